The van der Waals surface area contributed by atoms with E-state index in [0.717, 1.165) is 18.4 Å². The Morgan fingerprint density at radius 1 is 0.833 bits per heavy atom. The quantitative estimate of drug-likeness (QED) is 0.668. The van der Waals surface area contributed by atoms with Gasteiger partial charge in [-0.15, -0.1) is 0 Å². The van der Waals surface area contributed by atoms with Crippen molar-refractivity contribution in [2.75, 3.05) is 28.4 Å². The van der Waals surface area contributed by atoms with Gasteiger partial charge in [0, 0.05) is 23.7 Å². The third-order valence-electron chi connectivity index (χ3n) is 5.25. The van der Waals surface area contributed by atoms with E-state index in [4.69, 9.17) is 23.7 Å². The summed E-state index contributed by atoms with van der Waals surface area (Å²) in [6.45, 7) is 0.269. The van der Waals surface area contributed by atoms with Gasteiger partial charge in [-0.3, -0.25) is 4.79 Å². The second-order valence-electron chi connectivity index (χ2n) is 7.09. The average molecular weight is 415 g/mol. The predicted octanol–water partition coefficient (Wildman–Crippen LogP) is 3.97. The molecule has 0 saturated heterocycles. The van der Waals surface area contributed by atoms with Crippen LogP contribution in [0, 0.1) is 0 Å². The minimum absolute atomic E-state index is 0.219. The fraction of sp³-hybridized carbons (Fsp3) is 0.435. The van der Waals surface area contributed by atoms with Crippen LogP contribution in [-0.2, 0) is 6.54 Å². The molecule has 0 heterocycles. The van der Waals surface area contributed by atoms with Crippen molar-refractivity contribution in [3.05, 3.63) is 41.5 Å². The van der Waals surface area contributed by atoms with Crippen molar-refractivity contribution in [3.63, 3.8) is 0 Å². The molecule has 7 heteroatoms. The van der Waals surface area contributed by atoms with E-state index in [9.17, 15) is 4.79 Å². The highest BCUT2D eigenvalue weighted by molar-refractivity contribution is 5.94. The number of ether oxygens (including phenoxy) is 5. The summed E-state index contributed by atoms with van der Waals surface area (Å²) in [4.78, 5) is 12.7. The first kappa shape index (κ1) is 21.6. The number of rotatable bonds is 9. The molecular formula is C23H29NO6. The third kappa shape index (κ3) is 4.90. The highest BCUT2D eigenvalue weighted by Gasteiger charge is 2.19. The second-order valence-corrected chi connectivity index (χ2v) is 7.09. The van der Waals surface area contributed by atoms with Gasteiger partial charge in [0.25, 0.3) is 5.91 Å². The van der Waals surface area contributed by atoms with Crippen molar-refractivity contribution in [1.29, 1.82) is 0 Å². The van der Waals surface area contributed by atoms with Crippen LogP contribution in [0.25, 0.3) is 0 Å². The lowest BCUT2D eigenvalue weighted by Gasteiger charge is -2.17. The Balaban J connectivity index is 1.71. The van der Waals surface area contributed by atoms with Crippen molar-refractivity contribution in [3.8, 4) is 28.7 Å². The van der Waals surface area contributed by atoms with Gasteiger partial charge >= 0.3 is 0 Å². The maximum absolute atomic E-state index is 12.7. The number of benzene rings is 2. The van der Waals surface area contributed by atoms with Crippen LogP contribution < -0.4 is 29.0 Å². The van der Waals surface area contributed by atoms with E-state index in [-0.39, 0.29) is 18.6 Å². The van der Waals surface area contributed by atoms with E-state index in [0.29, 0.717) is 34.3 Å². The molecule has 1 fully saturated rings. The smallest absolute Gasteiger partial charge is 0.251 e. The topological polar surface area (TPSA) is 75.2 Å². The maximum atomic E-state index is 12.7. The molecule has 3 rings (SSSR count). The number of methoxy groups -OCH3 is 4. The Bertz CT molecular complexity index is 876. The number of nitrogens with one attached hydrogen (secondary N) is 1. The van der Waals surface area contributed by atoms with Gasteiger partial charge in [0.1, 0.15) is 5.75 Å². The van der Waals surface area contributed by atoms with Crippen molar-refractivity contribution in [2.24, 2.45) is 0 Å². The number of hydrogen-bond donors (Lipinski definition) is 1. The van der Waals surface area contributed by atoms with Gasteiger partial charge in [-0.2, -0.15) is 0 Å². The molecule has 1 amide bonds. The van der Waals surface area contributed by atoms with Crippen LogP contribution in [0.15, 0.2) is 30.3 Å². The molecule has 0 spiro atoms. The van der Waals surface area contributed by atoms with Crippen molar-refractivity contribution < 1.29 is 28.5 Å². The minimum Gasteiger partial charge on any atom is -0.496 e. The van der Waals surface area contributed by atoms with Crippen LogP contribution in [0.1, 0.15) is 41.6 Å². The Hall–Kier alpha value is -3.09. The van der Waals surface area contributed by atoms with Gasteiger partial charge in [0.15, 0.2) is 23.0 Å². The third-order valence-corrected chi connectivity index (χ3v) is 5.25. The first-order chi connectivity index (χ1) is 14.6. The van der Waals surface area contributed by atoms with Crippen LogP contribution in [0.2, 0.25) is 0 Å². The molecule has 0 radical (unpaired) electrons. The SMILES string of the molecule is COc1cc(OC)c(OC)cc1CNC(=O)c1ccc(OC2CCCC2)c(OC)c1. The molecule has 1 N–H and O–H groups in total. The van der Waals surface area contributed by atoms with Gasteiger partial charge in [-0.25, -0.2) is 0 Å². The van der Waals surface area contributed by atoms with Crippen LogP contribution in [0.5, 0.6) is 28.7 Å². The molecule has 0 bridgehead atoms. The summed E-state index contributed by atoms with van der Waals surface area (Å²) in [5.74, 6) is 2.73. The molecule has 0 atom stereocenters. The molecule has 7 nitrogen and oxygen atoms in total. The van der Waals surface area contributed by atoms with Gasteiger partial charge in [-0.05, 0) is 49.9 Å². The van der Waals surface area contributed by atoms with Crippen molar-refractivity contribution in [1.82, 2.24) is 5.32 Å². The highest BCUT2D eigenvalue weighted by atomic mass is 16.5. The average Bonchev–Trinajstić information content (AvgIpc) is 3.30. The standard InChI is InChI=1S/C23H29NO6/c1-26-19-13-22(29-4)21(28-3)12-16(19)14-24-23(25)15-9-10-18(20(11-15)27-2)30-17-7-5-6-8-17/h9-13,17H,5-8,14H2,1-4H3,(H,24,25). The largest absolute Gasteiger partial charge is 0.496 e. The predicted molar refractivity (Wildman–Crippen MR) is 113 cm³/mol. The summed E-state index contributed by atoms with van der Waals surface area (Å²) in [5.41, 5.74) is 1.27. The normalized spacial score (nSPS) is 13.6. The summed E-state index contributed by atoms with van der Waals surface area (Å²) < 4.78 is 27.5. The molecular weight excluding hydrogens is 386 g/mol. The summed E-state index contributed by atoms with van der Waals surface area (Å²) in [5, 5.41) is 2.91. The zero-order valence-corrected chi connectivity index (χ0v) is 17.9. The van der Waals surface area contributed by atoms with Crippen LogP contribution >= 0.6 is 0 Å². The first-order valence-electron chi connectivity index (χ1n) is 10.0. The minimum atomic E-state index is -0.224. The Kier molecular flexibility index (Phi) is 7.27. The van der Waals surface area contributed by atoms with Gasteiger partial charge < -0.3 is 29.0 Å². The molecule has 30 heavy (non-hydrogen) atoms. The van der Waals surface area contributed by atoms with E-state index >= 15 is 0 Å². The summed E-state index contributed by atoms with van der Waals surface area (Å²) in [6, 6.07) is 8.76. The molecule has 0 aromatic heterocycles. The van der Waals surface area contributed by atoms with Gasteiger partial charge in [-0.1, -0.05) is 0 Å². The molecule has 1 saturated carbocycles. The fourth-order valence-electron chi connectivity index (χ4n) is 3.60. The van der Waals surface area contributed by atoms with Crippen LogP contribution in [-0.4, -0.2) is 40.5 Å². The lowest BCUT2D eigenvalue weighted by atomic mass is 10.1. The second kappa shape index (κ2) is 10.1. The number of carbonyl (C=O) groups is 1. The summed E-state index contributed by atoms with van der Waals surface area (Å²) >= 11 is 0. The van der Waals surface area contributed by atoms with E-state index in [1.165, 1.54) is 12.8 Å². The monoisotopic (exact) mass is 415 g/mol. The number of carbonyl (C=O) groups excluding carboxylic acids is 1. The summed E-state index contributed by atoms with van der Waals surface area (Å²) in [7, 11) is 6.27. The van der Waals surface area contributed by atoms with Gasteiger partial charge in [0.05, 0.1) is 34.5 Å². The Morgan fingerprint density at radius 3 is 2.07 bits per heavy atom. The highest BCUT2D eigenvalue weighted by Crippen LogP contribution is 2.35. The molecule has 2 aromatic rings. The van der Waals surface area contributed by atoms with Gasteiger partial charge in [0.2, 0.25) is 0 Å². The zero-order valence-electron chi connectivity index (χ0n) is 17.9. The summed E-state index contributed by atoms with van der Waals surface area (Å²) in [6.07, 6.45) is 4.70. The molecule has 162 valence electrons. The van der Waals surface area contributed by atoms with Crippen molar-refractivity contribution >= 4 is 5.91 Å². The van der Waals surface area contributed by atoms with E-state index in [2.05, 4.69) is 5.32 Å². The lowest BCUT2D eigenvalue weighted by Crippen LogP contribution is -2.23. The van der Waals surface area contributed by atoms with Crippen LogP contribution in [0.3, 0.4) is 0 Å². The number of amides is 1. The zero-order chi connectivity index (χ0) is 21.5. The Labute approximate surface area is 177 Å². The lowest BCUT2D eigenvalue weighted by molar-refractivity contribution is 0.0950. The molecule has 0 unspecified atom stereocenters. The van der Waals surface area contributed by atoms with E-state index < -0.39 is 0 Å². The molecule has 2 aromatic carbocycles. The Morgan fingerprint density at radius 2 is 1.43 bits per heavy atom. The van der Waals surface area contributed by atoms with Crippen LogP contribution in [0.4, 0.5) is 0 Å². The fourth-order valence-corrected chi connectivity index (χ4v) is 3.60. The van der Waals surface area contributed by atoms with Crippen molar-refractivity contribution in [2.45, 2.75) is 38.3 Å². The molecule has 1 aliphatic rings. The molecule has 0 aliphatic heterocycles. The number of hydrogen-bond acceptors (Lipinski definition) is 6. The van der Waals surface area contributed by atoms with E-state index in [1.54, 1.807) is 58.8 Å². The van der Waals surface area contributed by atoms with E-state index in [1.807, 2.05) is 0 Å². The molecule has 1 aliphatic carbocycles. The first-order valence-corrected chi connectivity index (χ1v) is 10.0. The maximum Gasteiger partial charge on any atom is 0.251 e.